The topological polar surface area (TPSA) is 68.5 Å². The van der Waals surface area contributed by atoms with Crippen LogP contribution in [0.5, 0.6) is 0 Å². The Kier molecular flexibility index (Phi) is 4.14. The van der Waals surface area contributed by atoms with E-state index in [4.69, 9.17) is 9.15 Å². The van der Waals surface area contributed by atoms with Gasteiger partial charge < -0.3 is 14.5 Å². The second-order valence-electron chi connectivity index (χ2n) is 3.89. The molecular formula is C14H12FNO4. The highest BCUT2D eigenvalue weighted by Crippen LogP contribution is 2.24. The molecule has 0 saturated carbocycles. The van der Waals surface area contributed by atoms with Crippen LogP contribution in [0.15, 0.2) is 40.8 Å². The van der Waals surface area contributed by atoms with E-state index in [9.17, 15) is 14.0 Å². The van der Waals surface area contributed by atoms with E-state index in [1.54, 1.807) is 12.1 Å². The lowest BCUT2D eigenvalue weighted by Crippen LogP contribution is -2.24. The average Bonchev–Trinajstić information content (AvgIpc) is 2.94. The van der Waals surface area contributed by atoms with E-state index in [2.05, 4.69) is 5.32 Å². The molecule has 0 radical (unpaired) electrons. The van der Waals surface area contributed by atoms with E-state index in [0.717, 1.165) is 0 Å². The molecule has 0 aliphatic heterocycles. The maximum atomic E-state index is 13.6. The van der Waals surface area contributed by atoms with Crippen LogP contribution in [0.25, 0.3) is 11.3 Å². The minimum atomic E-state index is -0.781. The summed E-state index contributed by atoms with van der Waals surface area (Å²) in [7, 11) is 1.43. The maximum Gasteiger partial charge on any atom is 0.374 e. The summed E-state index contributed by atoms with van der Waals surface area (Å²) in [6.07, 6.45) is 0. The van der Waals surface area contributed by atoms with Crippen molar-refractivity contribution >= 4 is 11.9 Å². The van der Waals surface area contributed by atoms with Crippen molar-refractivity contribution in [1.29, 1.82) is 0 Å². The van der Waals surface area contributed by atoms with Gasteiger partial charge in [-0.3, -0.25) is 4.79 Å². The van der Waals surface area contributed by atoms with Gasteiger partial charge in [-0.1, -0.05) is 12.1 Å². The van der Waals surface area contributed by atoms with Crippen LogP contribution in [0.3, 0.4) is 0 Å². The molecule has 0 atom stereocenters. The number of ether oxygens (including phenoxy) is 1. The standard InChI is InChI=1S/C14H12FNO4/c1-16-13(17)8-19-14(18)12-7-6-11(20-12)9-4-2-3-5-10(9)15/h2-7H,8H2,1H3,(H,16,17). The normalized spacial score (nSPS) is 10.1. The fourth-order valence-corrected chi connectivity index (χ4v) is 1.53. The fourth-order valence-electron chi connectivity index (χ4n) is 1.53. The molecule has 6 heteroatoms. The first-order valence-electron chi connectivity index (χ1n) is 5.84. The molecule has 1 N–H and O–H groups in total. The number of likely N-dealkylation sites (N-methyl/N-ethyl adjacent to an activating group) is 1. The SMILES string of the molecule is CNC(=O)COC(=O)c1ccc(-c2ccccc2F)o1. The third-order valence-corrected chi connectivity index (χ3v) is 2.56. The third kappa shape index (κ3) is 3.03. The Morgan fingerprint density at radius 3 is 2.70 bits per heavy atom. The van der Waals surface area contributed by atoms with Gasteiger partial charge in [0.1, 0.15) is 11.6 Å². The monoisotopic (exact) mass is 277 g/mol. The summed E-state index contributed by atoms with van der Waals surface area (Å²) in [5.74, 6) is -1.54. The van der Waals surface area contributed by atoms with Gasteiger partial charge in [-0.15, -0.1) is 0 Å². The molecule has 0 aliphatic carbocycles. The molecule has 0 aliphatic rings. The Morgan fingerprint density at radius 1 is 1.25 bits per heavy atom. The molecule has 1 aromatic heterocycles. The molecule has 1 aromatic carbocycles. The Hall–Kier alpha value is -2.63. The molecule has 1 amide bonds. The van der Waals surface area contributed by atoms with Crippen LogP contribution in [-0.4, -0.2) is 25.5 Å². The smallest absolute Gasteiger partial charge is 0.374 e. The molecule has 1 heterocycles. The molecule has 0 unspecified atom stereocenters. The number of nitrogens with one attached hydrogen (secondary N) is 1. The third-order valence-electron chi connectivity index (χ3n) is 2.56. The lowest BCUT2D eigenvalue weighted by atomic mass is 10.1. The number of furan rings is 1. The number of benzene rings is 1. The highest BCUT2D eigenvalue weighted by molar-refractivity contribution is 5.89. The number of carbonyl (C=O) groups excluding carboxylic acids is 2. The predicted molar refractivity (Wildman–Crippen MR) is 68.5 cm³/mol. The lowest BCUT2D eigenvalue weighted by molar-refractivity contribution is -0.123. The van der Waals surface area contributed by atoms with Crippen molar-refractivity contribution < 1.29 is 23.1 Å². The predicted octanol–water partition coefficient (Wildman–Crippen LogP) is 1.99. The number of esters is 1. The number of carbonyl (C=O) groups is 2. The fraction of sp³-hybridized carbons (Fsp3) is 0.143. The Labute approximate surface area is 114 Å². The van der Waals surface area contributed by atoms with E-state index in [-0.39, 0.29) is 17.1 Å². The van der Waals surface area contributed by atoms with Crippen LogP contribution in [0, 0.1) is 5.82 Å². The van der Waals surface area contributed by atoms with Gasteiger partial charge in [0, 0.05) is 7.05 Å². The van der Waals surface area contributed by atoms with Crippen molar-refractivity contribution in [3.63, 3.8) is 0 Å². The molecule has 20 heavy (non-hydrogen) atoms. The first-order valence-corrected chi connectivity index (χ1v) is 5.84. The van der Waals surface area contributed by atoms with Crippen molar-refractivity contribution in [3.8, 4) is 11.3 Å². The van der Waals surface area contributed by atoms with Gasteiger partial charge in [0.2, 0.25) is 5.76 Å². The van der Waals surface area contributed by atoms with Crippen LogP contribution in [0.1, 0.15) is 10.6 Å². The Balaban J connectivity index is 2.11. The maximum absolute atomic E-state index is 13.6. The largest absolute Gasteiger partial charge is 0.450 e. The number of hydrogen-bond donors (Lipinski definition) is 1. The van der Waals surface area contributed by atoms with Gasteiger partial charge in [0.05, 0.1) is 5.56 Å². The van der Waals surface area contributed by atoms with Crippen LogP contribution < -0.4 is 5.32 Å². The van der Waals surface area contributed by atoms with E-state index in [1.165, 1.54) is 31.3 Å². The van der Waals surface area contributed by atoms with Crippen LogP contribution in [-0.2, 0) is 9.53 Å². The number of hydrogen-bond acceptors (Lipinski definition) is 4. The second-order valence-corrected chi connectivity index (χ2v) is 3.89. The highest BCUT2D eigenvalue weighted by Gasteiger charge is 2.16. The zero-order valence-electron chi connectivity index (χ0n) is 10.7. The van der Waals surface area contributed by atoms with E-state index in [0.29, 0.717) is 0 Å². The van der Waals surface area contributed by atoms with Crippen LogP contribution in [0.2, 0.25) is 0 Å². The Bertz CT molecular complexity index is 636. The molecule has 0 bridgehead atoms. The van der Waals surface area contributed by atoms with Crippen LogP contribution in [0.4, 0.5) is 4.39 Å². The van der Waals surface area contributed by atoms with E-state index < -0.39 is 24.3 Å². The van der Waals surface area contributed by atoms with Gasteiger partial charge in [-0.2, -0.15) is 0 Å². The van der Waals surface area contributed by atoms with Gasteiger partial charge in [-0.25, -0.2) is 9.18 Å². The minimum absolute atomic E-state index is 0.0906. The molecular weight excluding hydrogens is 265 g/mol. The average molecular weight is 277 g/mol. The molecule has 0 saturated heterocycles. The summed E-state index contributed by atoms with van der Waals surface area (Å²) in [6, 6.07) is 8.88. The minimum Gasteiger partial charge on any atom is -0.450 e. The van der Waals surface area contributed by atoms with Crippen molar-refractivity contribution in [2.75, 3.05) is 13.7 Å². The van der Waals surface area contributed by atoms with Crippen molar-refractivity contribution in [2.45, 2.75) is 0 Å². The second kappa shape index (κ2) is 6.01. The van der Waals surface area contributed by atoms with Crippen molar-refractivity contribution in [3.05, 3.63) is 48.0 Å². The van der Waals surface area contributed by atoms with Crippen LogP contribution >= 0.6 is 0 Å². The number of halogens is 1. The van der Waals surface area contributed by atoms with E-state index >= 15 is 0 Å². The molecule has 0 spiro atoms. The van der Waals surface area contributed by atoms with Crippen molar-refractivity contribution in [2.24, 2.45) is 0 Å². The first-order chi connectivity index (χ1) is 9.61. The summed E-state index contributed by atoms with van der Waals surface area (Å²) >= 11 is 0. The summed E-state index contributed by atoms with van der Waals surface area (Å²) < 4.78 is 23.5. The summed E-state index contributed by atoms with van der Waals surface area (Å²) in [5.41, 5.74) is 0.248. The summed E-state index contributed by atoms with van der Waals surface area (Å²) in [6.45, 7) is -0.398. The Morgan fingerprint density at radius 2 is 2.00 bits per heavy atom. The molecule has 104 valence electrons. The molecule has 2 rings (SSSR count). The number of rotatable bonds is 4. The van der Waals surface area contributed by atoms with Gasteiger partial charge >= 0.3 is 5.97 Å². The van der Waals surface area contributed by atoms with Gasteiger partial charge in [0.15, 0.2) is 6.61 Å². The van der Waals surface area contributed by atoms with Crippen molar-refractivity contribution in [1.82, 2.24) is 5.32 Å². The zero-order valence-corrected chi connectivity index (χ0v) is 10.7. The summed E-state index contributed by atoms with van der Waals surface area (Å²) in [4.78, 5) is 22.6. The zero-order chi connectivity index (χ0) is 14.5. The number of amides is 1. The molecule has 2 aromatic rings. The van der Waals surface area contributed by atoms with Gasteiger partial charge in [-0.05, 0) is 24.3 Å². The highest BCUT2D eigenvalue weighted by atomic mass is 19.1. The molecule has 0 fully saturated rings. The first kappa shape index (κ1) is 13.8. The molecule has 5 nitrogen and oxygen atoms in total. The lowest BCUT2D eigenvalue weighted by Gasteiger charge is -2.01. The quantitative estimate of drug-likeness (QED) is 0.868. The van der Waals surface area contributed by atoms with Gasteiger partial charge in [0.25, 0.3) is 5.91 Å². The van der Waals surface area contributed by atoms with E-state index in [1.807, 2.05) is 0 Å². The summed E-state index contributed by atoms with van der Waals surface area (Å²) in [5, 5.41) is 2.31.